The monoisotopic (exact) mass is 454 g/mol. The van der Waals surface area contributed by atoms with E-state index in [4.69, 9.17) is 4.74 Å². The van der Waals surface area contributed by atoms with E-state index in [1.165, 1.54) is 14.1 Å². The molecule has 0 atom stereocenters. The molecule has 0 bridgehead atoms. The average Bonchev–Trinajstić information content (AvgIpc) is 2.65. The van der Waals surface area contributed by atoms with Crippen molar-refractivity contribution in [1.82, 2.24) is 9.62 Å². The number of amides is 1. The highest BCUT2D eigenvalue weighted by Gasteiger charge is 2.20. The predicted octanol–water partition coefficient (Wildman–Crippen LogP) is 3.17. The number of hydrogen-bond acceptors (Lipinski definition) is 4. The highest BCUT2D eigenvalue weighted by atomic mass is 79.9. The molecule has 1 N–H and O–H groups in total. The predicted molar refractivity (Wildman–Crippen MR) is 108 cm³/mol. The van der Waals surface area contributed by atoms with Gasteiger partial charge in [0.25, 0.3) is 0 Å². The third-order valence-electron chi connectivity index (χ3n) is 3.84. The molecule has 0 aliphatic rings. The molecule has 0 radical (unpaired) electrons. The van der Waals surface area contributed by atoms with Gasteiger partial charge in [0.15, 0.2) is 0 Å². The van der Waals surface area contributed by atoms with Gasteiger partial charge in [-0.1, -0.05) is 34.1 Å². The van der Waals surface area contributed by atoms with Crippen LogP contribution in [0, 0.1) is 0 Å². The van der Waals surface area contributed by atoms with E-state index in [1.54, 1.807) is 24.3 Å². The smallest absolute Gasteiger partial charge is 0.242 e. The summed E-state index contributed by atoms with van der Waals surface area (Å²) in [7, 11) is -0.587. The minimum absolute atomic E-state index is 0.147. The van der Waals surface area contributed by atoms with Crippen molar-refractivity contribution in [2.24, 2.45) is 0 Å². The Morgan fingerprint density at radius 2 is 1.78 bits per heavy atom. The molecule has 0 unspecified atom stereocenters. The zero-order chi connectivity index (χ0) is 19.9. The number of nitrogens with zero attached hydrogens (tertiary/aromatic N) is 1. The van der Waals surface area contributed by atoms with Gasteiger partial charge in [0.1, 0.15) is 5.75 Å². The minimum Gasteiger partial charge on any atom is -0.494 e. The normalized spacial score (nSPS) is 11.4. The Bertz CT molecular complexity index is 868. The van der Waals surface area contributed by atoms with Crippen LogP contribution in [-0.4, -0.2) is 39.3 Å². The van der Waals surface area contributed by atoms with E-state index in [-0.39, 0.29) is 17.3 Å². The van der Waals surface area contributed by atoms with Crippen molar-refractivity contribution in [2.75, 3.05) is 20.7 Å². The second kappa shape index (κ2) is 9.87. The molecule has 0 heterocycles. The average molecular weight is 455 g/mol. The maximum atomic E-state index is 12.4. The van der Waals surface area contributed by atoms with E-state index in [0.717, 1.165) is 14.5 Å². The highest BCUT2D eigenvalue weighted by Crippen LogP contribution is 2.18. The number of hydrogen-bond donors (Lipinski definition) is 1. The largest absolute Gasteiger partial charge is 0.494 e. The molecule has 0 aliphatic heterocycles. The van der Waals surface area contributed by atoms with Gasteiger partial charge in [0.05, 0.1) is 11.5 Å². The van der Waals surface area contributed by atoms with Crippen molar-refractivity contribution in [3.05, 3.63) is 58.6 Å². The zero-order valence-electron chi connectivity index (χ0n) is 15.3. The van der Waals surface area contributed by atoms with Gasteiger partial charge >= 0.3 is 0 Å². The molecule has 0 saturated carbocycles. The molecule has 2 rings (SSSR count). The lowest BCUT2D eigenvalue weighted by molar-refractivity contribution is -0.121. The fourth-order valence-electron chi connectivity index (χ4n) is 2.33. The Balaban J connectivity index is 1.81. The van der Waals surface area contributed by atoms with Gasteiger partial charge in [0.2, 0.25) is 15.9 Å². The Kier molecular flexibility index (Phi) is 7.82. The molecule has 0 fully saturated rings. The van der Waals surface area contributed by atoms with Crippen LogP contribution in [0.5, 0.6) is 5.75 Å². The highest BCUT2D eigenvalue weighted by molar-refractivity contribution is 9.10. The van der Waals surface area contributed by atoms with Gasteiger partial charge in [-0.05, 0) is 42.3 Å². The molecule has 0 spiro atoms. The number of nitrogens with one attached hydrogen (secondary N) is 1. The lowest BCUT2D eigenvalue weighted by Crippen LogP contribution is -2.27. The molecule has 2 aromatic rings. The van der Waals surface area contributed by atoms with E-state index in [2.05, 4.69) is 21.2 Å². The number of ether oxygens (including phenoxy) is 1. The van der Waals surface area contributed by atoms with E-state index < -0.39 is 10.0 Å². The van der Waals surface area contributed by atoms with Crippen molar-refractivity contribution in [3.63, 3.8) is 0 Å². The van der Waals surface area contributed by atoms with E-state index in [9.17, 15) is 13.2 Å². The van der Waals surface area contributed by atoms with Crippen LogP contribution < -0.4 is 10.1 Å². The Morgan fingerprint density at radius 1 is 1.11 bits per heavy atom. The summed E-state index contributed by atoms with van der Waals surface area (Å²) < 4.78 is 32.4. The van der Waals surface area contributed by atoms with Crippen molar-refractivity contribution < 1.29 is 17.9 Å². The first-order valence-electron chi connectivity index (χ1n) is 8.46. The van der Waals surface area contributed by atoms with Crippen LogP contribution in [0.15, 0.2) is 57.9 Å². The second-order valence-electron chi connectivity index (χ2n) is 6.08. The number of rotatable bonds is 9. The Labute approximate surface area is 168 Å². The van der Waals surface area contributed by atoms with Crippen molar-refractivity contribution in [3.8, 4) is 5.75 Å². The van der Waals surface area contributed by atoms with Crippen LogP contribution in [0.2, 0.25) is 0 Å². The van der Waals surface area contributed by atoms with Crippen LogP contribution >= 0.6 is 15.9 Å². The maximum Gasteiger partial charge on any atom is 0.242 e. The van der Waals surface area contributed by atoms with Gasteiger partial charge in [-0.2, -0.15) is 0 Å². The molecule has 0 saturated heterocycles. The molecular weight excluding hydrogens is 432 g/mol. The quantitative estimate of drug-likeness (QED) is 0.590. The molecule has 0 aromatic heterocycles. The first kappa shape index (κ1) is 21.4. The lowest BCUT2D eigenvalue weighted by atomic mass is 10.2. The topological polar surface area (TPSA) is 75.7 Å². The van der Waals surface area contributed by atoms with Crippen LogP contribution in [0.1, 0.15) is 18.4 Å². The summed E-state index contributed by atoms with van der Waals surface area (Å²) in [6, 6.07) is 14.2. The molecule has 6 nitrogen and oxygen atoms in total. The SMILES string of the molecule is CN(C)S(=O)(=O)c1ccccc1CNC(=O)CCCOc1ccc(Br)cc1. The number of carbonyl (C=O) groups excluding carboxylic acids is 1. The van der Waals surface area contributed by atoms with E-state index >= 15 is 0 Å². The summed E-state index contributed by atoms with van der Waals surface area (Å²) in [5.41, 5.74) is 0.561. The summed E-state index contributed by atoms with van der Waals surface area (Å²) in [5, 5.41) is 2.77. The fourth-order valence-corrected chi connectivity index (χ4v) is 3.71. The summed E-state index contributed by atoms with van der Waals surface area (Å²) >= 11 is 3.36. The molecule has 0 aliphatic carbocycles. The summed E-state index contributed by atoms with van der Waals surface area (Å²) in [4.78, 5) is 12.2. The molecule has 146 valence electrons. The van der Waals surface area contributed by atoms with Crippen LogP contribution in [-0.2, 0) is 21.4 Å². The molecule has 8 heteroatoms. The van der Waals surface area contributed by atoms with Gasteiger partial charge in [-0.3, -0.25) is 4.79 Å². The van der Waals surface area contributed by atoms with Gasteiger partial charge in [-0.15, -0.1) is 0 Å². The van der Waals surface area contributed by atoms with Gasteiger partial charge < -0.3 is 10.1 Å². The summed E-state index contributed by atoms with van der Waals surface area (Å²) in [6.07, 6.45) is 0.874. The second-order valence-corrected chi connectivity index (χ2v) is 9.11. The minimum atomic E-state index is -3.55. The van der Waals surface area contributed by atoms with E-state index in [0.29, 0.717) is 25.0 Å². The van der Waals surface area contributed by atoms with Crippen molar-refractivity contribution >= 4 is 31.9 Å². The fraction of sp³-hybridized carbons (Fsp3) is 0.316. The van der Waals surface area contributed by atoms with Crippen LogP contribution in [0.4, 0.5) is 0 Å². The van der Waals surface area contributed by atoms with E-state index in [1.807, 2.05) is 24.3 Å². The number of sulfonamides is 1. The third-order valence-corrected chi connectivity index (χ3v) is 6.28. The van der Waals surface area contributed by atoms with Crippen molar-refractivity contribution in [2.45, 2.75) is 24.3 Å². The zero-order valence-corrected chi connectivity index (χ0v) is 17.7. The Hall–Kier alpha value is -1.90. The first-order chi connectivity index (χ1) is 12.8. The van der Waals surface area contributed by atoms with Crippen LogP contribution in [0.3, 0.4) is 0 Å². The Morgan fingerprint density at radius 3 is 2.44 bits per heavy atom. The molecular formula is C19H23BrN2O4S. The first-order valence-corrected chi connectivity index (χ1v) is 10.7. The molecule has 27 heavy (non-hydrogen) atoms. The number of benzene rings is 2. The van der Waals surface area contributed by atoms with Crippen molar-refractivity contribution in [1.29, 1.82) is 0 Å². The number of halogens is 1. The van der Waals surface area contributed by atoms with Gasteiger partial charge in [-0.25, -0.2) is 12.7 Å². The summed E-state index contributed by atoms with van der Waals surface area (Å²) in [5.74, 6) is 0.605. The lowest BCUT2D eigenvalue weighted by Gasteiger charge is -2.15. The van der Waals surface area contributed by atoms with Gasteiger partial charge in [0, 0.05) is 31.5 Å². The number of carbonyl (C=O) groups is 1. The third kappa shape index (κ3) is 6.34. The maximum absolute atomic E-state index is 12.4. The standard InChI is InChI=1S/C19H23BrN2O4S/c1-22(2)27(24,25)18-7-4-3-6-15(18)14-21-19(23)8-5-13-26-17-11-9-16(20)10-12-17/h3-4,6-7,9-12H,5,8,13-14H2,1-2H3,(H,21,23). The molecule has 1 amide bonds. The summed E-state index contributed by atoms with van der Waals surface area (Å²) in [6.45, 7) is 0.594. The van der Waals surface area contributed by atoms with Crippen LogP contribution in [0.25, 0.3) is 0 Å². The molecule has 2 aromatic carbocycles.